The largest absolute Gasteiger partial charge is 0.318 e. The van der Waals surface area contributed by atoms with Gasteiger partial charge in [0.15, 0.2) is 5.11 Å². The zero-order valence-electron chi connectivity index (χ0n) is 18.2. The first-order valence-electron chi connectivity index (χ1n) is 10.1. The maximum Gasteiger partial charge on any atom is 0.270 e. The minimum atomic E-state index is -0.486. The summed E-state index contributed by atoms with van der Waals surface area (Å²) in [6, 6.07) is 15.7. The van der Waals surface area contributed by atoms with Crippen LogP contribution in [0.15, 0.2) is 54.1 Å². The highest BCUT2D eigenvalue weighted by Crippen LogP contribution is 2.28. The van der Waals surface area contributed by atoms with E-state index in [-0.39, 0.29) is 10.7 Å². The highest BCUT2D eigenvalue weighted by atomic mass is 127. The van der Waals surface area contributed by atoms with Gasteiger partial charge in [0.1, 0.15) is 5.57 Å². The predicted octanol–water partition coefficient (Wildman–Crippen LogP) is 5.15. The summed E-state index contributed by atoms with van der Waals surface area (Å²) < 4.78 is 3.33. The van der Waals surface area contributed by atoms with Crippen LogP contribution in [0, 0.1) is 31.3 Å². The molecule has 0 saturated carbocycles. The van der Waals surface area contributed by atoms with Crippen molar-refractivity contribution in [2.45, 2.75) is 27.7 Å². The molecule has 1 aliphatic heterocycles. The molecule has 0 spiro atoms. The lowest BCUT2D eigenvalue weighted by Gasteiger charge is -2.30. The van der Waals surface area contributed by atoms with Crippen molar-refractivity contribution in [3.05, 3.63) is 85.8 Å². The van der Waals surface area contributed by atoms with E-state index in [2.05, 4.69) is 57.6 Å². The fraction of sp³-hybridized carbons (Fsp3) is 0.160. The van der Waals surface area contributed by atoms with E-state index < -0.39 is 11.8 Å². The van der Waals surface area contributed by atoms with Gasteiger partial charge in [-0.2, -0.15) is 0 Å². The molecular formula is C25H22IN3O2S. The van der Waals surface area contributed by atoms with Crippen LogP contribution in [0.25, 0.3) is 11.8 Å². The molecule has 0 unspecified atom stereocenters. The number of hydrogen-bond acceptors (Lipinski definition) is 3. The van der Waals surface area contributed by atoms with Crippen LogP contribution in [0.5, 0.6) is 0 Å². The molecule has 5 nitrogen and oxygen atoms in total. The Morgan fingerprint density at radius 1 is 0.969 bits per heavy atom. The minimum Gasteiger partial charge on any atom is -0.318 e. The second-order valence-electron chi connectivity index (χ2n) is 7.84. The molecule has 1 aliphatic rings. The summed E-state index contributed by atoms with van der Waals surface area (Å²) in [4.78, 5) is 27.5. The van der Waals surface area contributed by atoms with Gasteiger partial charge in [0.05, 0.1) is 5.69 Å². The Morgan fingerprint density at radius 2 is 1.69 bits per heavy atom. The van der Waals surface area contributed by atoms with Crippen LogP contribution in [-0.4, -0.2) is 21.5 Å². The monoisotopic (exact) mass is 555 g/mol. The number of amides is 2. The van der Waals surface area contributed by atoms with Crippen LogP contribution in [0.3, 0.4) is 0 Å². The summed E-state index contributed by atoms with van der Waals surface area (Å²) in [5.41, 5.74) is 6.64. The number of hydrogen-bond donors (Lipinski definition) is 1. The number of carbonyl (C=O) groups is 2. The van der Waals surface area contributed by atoms with Crippen molar-refractivity contribution in [2.75, 3.05) is 4.90 Å². The van der Waals surface area contributed by atoms with Crippen molar-refractivity contribution < 1.29 is 9.59 Å². The second kappa shape index (κ2) is 8.63. The van der Waals surface area contributed by atoms with Gasteiger partial charge in [-0.25, -0.2) is 0 Å². The number of nitrogens with zero attached hydrogens (tertiary/aromatic N) is 2. The van der Waals surface area contributed by atoms with Crippen LogP contribution < -0.4 is 10.2 Å². The van der Waals surface area contributed by atoms with Crippen LogP contribution in [0.1, 0.15) is 28.1 Å². The van der Waals surface area contributed by atoms with Gasteiger partial charge in [0.25, 0.3) is 11.8 Å². The van der Waals surface area contributed by atoms with Crippen LogP contribution in [0.4, 0.5) is 5.69 Å². The van der Waals surface area contributed by atoms with Crippen molar-refractivity contribution in [1.29, 1.82) is 0 Å². The van der Waals surface area contributed by atoms with Gasteiger partial charge in [-0.15, -0.1) is 0 Å². The second-order valence-corrected chi connectivity index (χ2v) is 9.39. The average molecular weight is 555 g/mol. The number of rotatable bonds is 3. The SMILES string of the molecule is Cc1cc(-n2c(C)cc(/C=C3\C(=O)NC(=S)N(c4ccccc4C)C3=O)c2C)ccc1I. The van der Waals surface area contributed by atoms with E-state index in [1.54, 1.807) is 6.08 Å². The third-order valence-corrected chi connectivity index (χ3v) is 7.12. The first kappa shape index (κ1) is 22.4. The molecular weight excluding hydrogens is 533 g/mol. The van der Waals surface area contributed by atoms with Crippen LogP contribution >= 0.6 is 34.8 Å². The maximum atomic E-state index is 13.4. The molecule has 0 radical (unpaired) electrons. The van der Waals surface area contributed by atoms with Crippen molar-refractivity contribution in [3.8, 4) is 5.69 Å². The van der Waals surface area contributed by atoms with Crippen LogP contribution in [-0.2, 0) is 9.59 Å². The molecule has 1 fully saturated rings. The van der Waals surface area contributed by atoms with E-state index in [0.717, 1.165) is 28.2 Å². The Morgan fingerprint density at radius 3 is 2.38 bits per heavy atom. The summed E-state index contributed by atoms with van der Waals surface area (Å²) >= 11 is 7.64. The van der Waals surface area contributed by atoms with Crippen molar-refractivity contribution >= 4 is 63.5 Å². The molecule has 7 heteroatoms. The van der Waals surface area contributed by atoms with Gasteiger partial charge in [-0.3, -0.25) is 19.8 Å². The molecule has 2 amide bonds. The van der Waals surface area contributed by atoms with Gasteiger partial charge < -0.3 is 4.57 Å². The topological polar surface area (TPSA) is 54.3 Å². The summed E-state index contributed by atoms with van der Waals surface area (Å²) in [5, 5.41) is 2.75. The molecule has 3 aromatic rings. The zero-order valence-corrected chi connectivity index (χ0v) is 21.2. The first-order chi connectivity index (χ1) is 15.2. The molecule has 32 heavy (non-hydrogen) atoms. The molecule has 2 aromatic carbocycles. The highest BCUT2D eigenvalue weighted by Gasteiger charge is 2.35. The molecule has 162 valence electrons. The molecule has 0 atom stereocenters. The van der Waals surface area contributed by atoms with Gasteiger partial charge >= 0.3 is 0 Å². The number of nitrogens with one attached hydrogen (secondary N) is 1. The normalized spacial score (nSPS) is 15.5. The average Bonchev–Trinajstić information content (AvgIpc) is 3.01. The molecule has 0 bridgehead atoms. The van der Waals surface area contributed by atoms with Crippen molar-refractivity contribution in [3.63, 3.8) is 0 Å². The molecule has 2 heterocycles. The van der Waals surface area contributed by atoms with Crippen LogP contribution in [0.2, 0.25) is 0 Å². The summed E-state index contributed by atoms with van der Waals surface area (Å²) in [6.07, 6.45) is 1.66. The van der Waals surface area contributed by atoms with Gasteiger partial charge in [-0.1, -0.05) is 18.2 Å². The molecule has 1 N–H and O–H groups in total. The number of carbonyl (C=O) groups excluding carboxylic acids is 2. The third kappa shape index (κ3) is 3.91. The number of halogens is 1. The smallest absolute Gasteiger partial charge is 0.270 e. The number of para-hydroxylation sites is 1. The summed E-state index contributed by atoms with van der Waals surface area (Å²) in [6.45, 7) is 7.99. The third-order valence-electron chi connectivity index (χ3n) is 5.63. The van der Waals surface area contributed by atoms with E-state index in [4.69, 9.17) is 12.2 Å². The highest BCUT2D eigenvalue weighted by molar-refractivity contribution is 14.1. The number of aryl methyl sites for hydroxylation is 3. The van der Waals surface area contributed by atoms with E-state index in [1.807, 2.05) is 51.1 Å². The standard InChI is InChI=1S/C25H22IN3O2S/c1-14-7-5-6-8-22(14)29-24(31)20(23(30)27-25(29)32)13-18-12-16(3)28(17(18)4)19-9-10-21(26)15(2)11-19/h5-13H,1-4H3,(H,27,30,32)/b20-13+. The molecule has 4 rings (SSSR count). The van der Waals surface area contributed by atoms with E-state index >= 15 is 0 Å². The number of aromatic nitrogens is 1. The van der Waals surface area contributed by atoms with Gasteiger partial charge in [0, 0.05) is 20.6 Å². The van der Waals surface area contributed by atoms with E-state index in [1.165, 1.54) is 14.0 Å². The Balaban J connectivity index is 1.78. The zero-order chi connectivity index (χ0) is 23.2. The minimum absolute atomic E-state index is 0.0564. The fourth-order valence-electron chi connectivity index (χ4n) is 3.95. The Bertz CT molecular complexity index is 1320. The van der Waals surface area contributed by atoms with Crippen molar-refractivity contribution in [2.24, 2.45) is 0 Å². The Hall–Kier alpha value is -2.78. The summed E-state index contributed by atoms with van der Waals surface area (Å²) in [5.74, 6) is -0.914. The summed E-state index contributed by atoms with van der Waals surface area (Å²) in [7, 11) is 0. The maximum absolute atomic E-state index is 13.4. The van der Waals surface area contributed by atoms with E-state index in [0.29, 0.717) is 5.69 Å². The molecule has 1 saturated heterocycles. The quantitative estimate of drug-likeness (QED) is 0.211. The van der Waals surface area contributed by atoms with E-state index in [9.17, 15) is 9.59 Å². The fourth-order valence-corrected chi connectivity index (χ4v) is 4.55. The number of benzene rings is 2. The predicted molar refractivity (Wildman–Crippen MR) is 140 cm³/mol. The molecule has 0 aliphatic carbocycles. The lowest BCUT2D eigenvalue weighted by Crippen LogP contribution is -2.54. The molecule has 1 aromatic heterocycles. The number of anilines is 1. The van der Waals surface area contributed by atoms with Gasteiger partial charge in [0.2, 0.25) is 0 Å². The lowest BCUT2D eigenvalue weighted by molar-refractivity contribution is -0.122. The van der Waals surface area contributed by atoms with Gasteiger partial charge in [-0.05, 0) is 116 Å². The Labute approximate surface area is 206 Å². The first-order valence-corrected chi connectivity index (χ1v) is 11.6. The number of thiocarbonyl (C=S) groups is 1. The lowest BCUT2D eigenvalue weighted by atomic mass is 10.1. The Kier molecular flexibility index (Phi) is 6.05. The van der Waals surface area contributed by atoms with Crippen molar-refractivity contribution in [1.82, 2.24) is 9.88 Å².